The first-order valence-electron chi connectivity index (χ1n) is 10.4. The van der Waals surface area contributed by atoms with Crippen LogP contribution >= 0.6 is 0 Å². The van der Waals surface area contributed by atoms with E-state index in [1.807, 2.05) is 0 Å². The van der Waals surface area contributed by atoms with E-state index in [4.69, 9.17) is 23.7 Å². The Hall–Kier alpha value is -3.61. The number of hydrogen-bond donors (Lipinski definition) is 0. The SMILES string of the molecule is COC(=O)C1=C(OS(=O)(=O)C(F)(F)F)c2cc(OC(C)C)ccc2OC1c1ccc(OC)cc1OC. The summed E-state index contributed by atoms with van der Waals surface area (Å²) < 4.78 is 95.4. The van der Waals surface area contributed by atoms with Crippen molar-refractivity contribution in [2.75, 3.05) is 21.3 Å². The maximum absolute atomic E-state index is 13.3. The van der Waals surface area contributed by atoms with Crippen LogP contribution in [0.25, 0.3) is 5.76 Å². The summed E-state index contributed by atoms with van der Waals surface area (Å²) in [6.45, 7) is 3.42. The zero-order valence-corrected chi connectivity index (χ0v) is 20.7. The maximum Gasteiger partial charge on any atom is 0.534 e. The van der Waals surface area contributed by atoms with Gasteiger partial charge in [-0.15, -0.1) is 0 Å². The lowest BCUT2D eigenvalue weighted by Gasteiger charge is -2.30. The minimum Gasteiger partial charge on any atom is -0.497 e. The van der Waals surface area contributed by atoms with Crippen LogP contribution in [0.5, 0.6) is 23.0 Å². The molecular weight excluding hydrogens is 509 g/mol. The minimum atomic E-state index is -6.20. The third kappa shape index (κ3) is 5.30. The van der Waals surface area contributed by atoms with Crippen molar-refractivity contribution in [3.63, 3.8) is 0 Å². The van der Waals surface area contributed by atoms with Gasteiger partial charge < -0.3 is 27.9 Å². The molecule has 0 amide bonds. The molecule has 0 fully saturated rings. The number of rotatable bonds is 8. The van der Waals surface area contributed by atoms with E-state index in [1.54, 1.807) is 13.8 Å². The van der Waals surface area contributed by atoms with Crippen LogP contribution in [0.3, 0.4) is 0 Å². The lowest BCUT2D eigenvalue weighted by atomic mass is 9.93. The Morgan fingerprint density at radius 2 is 1.67 bits per heavy atom. The van der Waals surface area contributed by atoms with Crippen LogP contribution in [0, 0.1) is 0 Å². The second-order valence-corrected chi connectivity index (χ2v) is 9.19. The maximum atomic E-state index is 13.3. The first kappa shape index (κ1) is 27.0. The Labute approximate surface area is 205 Å². The Morgan fingerprint density at radius 1 is 1.00 bits per heavy atom. The summed E-state index contributed by atoms with van der Waals surface area (Å²) >= 11 is 0. The average Bonchev–Trinajstić information content (AvgIpc) is 2.81. The van der Waals surface area contributed by atoms with Crippen molar-refractivity contribution in [3.8, 4) is 23.0 Å². The molecule has 0 saturated heterocycles. The van der Waals surface area contributed by atoms with Gasteiger partial charge in [-0.3, -0.25) is 0 Å². The molecule has 0 aromatic heterocycles. The Balaban J connectivity index is 2.34. The summed E-state index contributed by atoms with van der Waals surface area (Å²) in [5.74, 6) is -1.50. The number of fused-ring (bicyclic) bond motifs is 1. The normalized spacial score (nSPS) is 15.6. The van der Waals surface area contributed by atoms with Crippen molar-refractivity contribution in [1.82, 2.24) is 0 Å². The molecule has 2 aromatic carbocycles. The standard InChI is InChI=1S/C23H23F3O9S/c1-12(2)33-14-7-9-17-16(10-14)21(35-36(28,29)23(24,25)26)19(22(27)32-5)20(34-17)15-8-6-13(30-3)11-18(15)31-4/h6-12,20H,1-5H3. The third-order valence-electron chi connectivity index (χ3n) is 4.92. The van der Waals surface area contributed by atoms with Gasteiger partial charge in [0.05, 0.1) is 33.0 Å². The van der Waals surface area contributed by atoms with Crippen molar-refractivity contribution >= 4 is 21.8 Å². The molecule has 1 heterocycles. The van der Waals surface area contributed by atoms with Crippen LogP contribution in [-0.4, -0.2) is 47.3 Å². The van der Waals surface area contributed by atoms with E-state index in [-0.39, 0.29) is 34.5 Å². The van der Waals surface area contributed by atoms with Crippen molar-refractivity contribution in [2.24, 2.45) is 0 Å². The van der Waals surface area contributed by atoms with Crippen LogP contribution in [0.1, 0.15) is 31.1 Å². The van der Waals surface area contributed by atoms with Gasteiger partial charge in [-0.2, -0.15) is 21.6 Å². The highest BCUT2D eigenvalue weighted by molar-refractivity contribution is 7.87. The molecule has 1 aliphatic heterocycles. The lowest BCUT2D eigenvalue weighted by molar-refractivity contribution is -0.137. The molecule has 1 aliphatic rings. The van der Waals surface area contributed by atoms with E-state index in [0.29, 0.717) is 5.75 Å². The molecule has 0 bridgehead atoms. The van der Waals surface area contributed by atoms with Crippen molar-refractivity contribution in [3.05, 3.63) is 53.1 Å². The van der Waals surface area contributed by atoms with Crippen LogP contribution in [0.4, 0.5) is 13.2 Å². The molecule has 0 radical (unpaired) electrons. The number of ether oxygens (including phenoxy) is 5. The van der Waals surface area contributed by atoms with Crippen molar-refractivity contribution < 1.29 is 54.3 Å². The molecule has 2 aromatic rings. The highest BCUT2D eigenvalue weighted by Crippen LogP contribution is 2.48. The highest BCUT2D eigenvalue weighted by Gasteiger charge is 2.51. The Morgan fingerprint density at radius 3 is 2.22 bits per heavy atom. The van der Waals surface area contributed by atoms with Gasteiger partial charge >= 0.3 is 21.6 Å². The molecule has 0 saturated carbocycles. The average molecular weight is 532 g/mol. The topological polar surface area (TPSA) is 107 Å². The van der Waals surface area contributed by atoms with E-state index < -0.39 is 39.0 Å². The molecular formula is C23H23F3O9S. The quantitative estimate of drug-likeness (QED) is 0.278. The van der Waals surface area contributed by atoms with Gasteiger partial charge in [-0.05, 0) is 44.2 Å². The van der Waals surface area contributed by atoms with Gasteiger partial charge in [0.25, 0.3) is 0 Å². The number of esters is 1. The van der Waals surface area contributed by atoms with Gasteiger partial charge in [-0.1, -0.05) is 0 Å². The number of methoxy groups -OCH3 is 3. The molecule has 0 N–H and O–H groups in total. The van der Waals surface area contributed by atoms with Gasteiger partial charge in [-0.25, -0.2) is 4.79 Å². The molecule has 9 nitrogen and oxygen atoms in total. The van der Waals surface area contributed by atoms with Gasteiger partial charge in [0, 0.05) is 11.6 Å². The molecule has 196 valence electrons. The van der Waals surface area contributed by atoms with E-state index in [2.05, 4.69) is 4.18 Å². The fourth-order valence-electron chi connectivity index (χ4n) is 3.40. The number of benzene rings is 2. The monoisotopic (exact) mass is 532 g/mol. The fraction of sp³-hybridized carbons (Fsp3) is 0.348. The number of hydrogen-bond acceptors (Lipinski definition) is 9. The molecule has 13 heteroatoms. The predicted octanol–water partition coefficient (Wildman–Crippen LogP) is 4.38. The Kier molecular flexibility index (Phi) is 7.62. The summed E-state index contributed by atoms with van der Waals surface area (Å²) in [7, 11) is -2.50. The number of alkyl halides is 3. The second-order valence-electron chi connectivity index (χ2n) is 7.65. The summed E-state index contributed by atoms with van der Waals surface area (Å²) in [6, 6.07) is 8.44. The molecule has 1 atom stereocenters. The van der Waals surface area contributed by atoms with E-state index in [9.17, 15) is 26.4 Å². The van der Waals surface area contributed by atoms with Crippen molar-refractivity contribution in [2.45, 2.75) is 31.6 Å². The molecule has 0 spiro atoms. The van der Waals surface area contributed by atoms with Gasteiger partial charge in [0.1, 0.15) is 28.6 Å². The van der Waals surface area contributed by atoms with E-state index in [1.165, 1.54) is 50.6 Å². The van der Waals surface area contributed by atoms with Crippen LogP contribution < -0.4 is 18.9 Å². The van der Waals surface area contributed by atoms with Gasteiger partial charge in [0.2, 0.25) is 0 Å². The minimum absolute atomic E-state index is 0.0750. The van der Waals surface area contributed by atoms with E-state index >= 15 is 0 Å². The first-order valence-corrected chi connectivity index (χ1v) is 11.8. The predicted molar refractivity (Wildman–Crippen MR) is 120 cm³/mol. The summed E-state index contributed by atoms with van der Waals surface area (Å²) in [4.78, 5) is 12.9. The number of halogens is 3. The number of carbonyl (C=O) groups excluding carboxylic acids is 1. The molecule has 36 heavy (non-hydrogen) atoms. The lowest BCUT2D eigenvalue weighted by Crippen LogP contribution is -2.29. The zero-order chi connectivity index (χ0) is 26.8. The molecule has 1 unspecified atom stereocenters. The van der Waals surface area contributed by atoms with Gasteiger partial charge in [0.15, 0.2) is 11.9 Å². The summed E-state index contributed by atoms with van der Waals surface area (Å²) in [5.41, 5.74) is -6.51. The smallest absolute Gasteiger partial charge is 0.497 e. The van der Waals surface area contributed by atoms with Crippen LogP contribution in [-0.2, 0) is 23.8 Å². The summed E-state index contributed by atoms with van der Waals surface area (Å²) in [6.07, 6.45) is -1.79. The van der Waals surface area contributed by atoms with Crippen LogP contribution in [0.2, 0.25) is 0 Å². The fourth-order valence-corrected chi connectivity index (χ4v) is 3.89. The first-order chi connectivity index (χ1) is 16.8. The summed E-state index contributed by atoms with van der Waals surface area (Å²) in [5, 5.41) is 0. The number of carbonyl (C=O) groups is 1. The van der Waals surface area contributed by atoms with Crippen LogP contribution in [0.15, 0.2) is 42.0 Å². The second kappa shape index (κ2) is 10.2. The largest absolute Gasteiger partial charge is 0.534 e. The Bertz CT molecular complexity index is 1280. The third-order valence-corrected chi connectivity index (χ3v) is 5.88. The molecule has 3 rings (SSSR count). The molecule has 0 aliphatic carbocycles. The van der Waals surface area contributed by atoms with E-state index in [0.717, 1.165) is 7.11 Å². The van der Waals surface area contributed by atoms with Crippen molar-refractivity contribution in [1.29, 1.82) is 0 Å². The highest BCUT2D eigenvalue weighted by atomic mass is 32.2. The zero-order valence-electron chi connectivity index (χ0n) is 19.8.